The van der Waals surface area contributed by atoms with Gasteiger partial charge in [0.25, 0.3) is 0 Å². The lowest BCUT2D eigenvalue weighted by Crippen LogP contribution is -1.96. The van der Waals surface area contributed by atoms with E-state index < -0.39 is 4.92 Å². The molecule has 5 nitrogen and oxygen atoms in total. The molecule has 0 N–H and O–H groups in total. The summed E-state index contributed by atoms with van der Waals surface area (Å²) in [5, 5.41) is 10.8. The summed E-state index contributed by atoms with van der Waals surface area (Å²) < 4.78 is 6.73. The first-order valence-electron chi connectivity index (χ1n) is 4.68. The molecule has 1 aromatic carbocycles. The van der Waals surface area contributed by atoms with Crippen LogP contribution in [0.4, 0.5) is 5.69 Å². The molecule has 2 rings (SSSR count). The molecule has 0 aliphatic rings. The van der Waals surface area contributed by atoms with Gasteiger partial charge in [0.2, 0.25) is 0 Å². The lowest BCUT2D eigenvalue weighted by atomic mass is 10.2. The first-order valence-corrected chi connectivity index (χ1v) is 4.68. The van der Waals surface area contributed by atoms with Crippen LogP contribution in [0.2, 0.25) is 0 Å². The van der Waals surface area contributed by atoms with Gasteiger partial charge in [-0.1, -0.05) is 0 Å². The van der Waals surface area contributed by atoms with Crippen LogP contribution in [0.25, 0.3) is 5.69 Å². The van der Waals surface area contributed by atoms with E-state index in [-0.39, 0.29) is 11.4 Å². The van der Waals surface area contributed by atoms with Crippen molar-refractivity contribution >= 4 is 5.69 Å². The third-order valence-corrected chi connectivity index (χ3v) is 2.26. The standard InChI is InChI=1S/C11H10N2O3/c1-16-11-5-4-9(8-10(11)13(14)15)12-6-2-3-7-12/h2-8H,1H3. The molecule has 0 aliphatic carbocycles. The van der Waals surface area contributed by atoms with Crippen LogP contribution in [0.5, 0.6) is 5.75 Å². The van der Waals surface area contributed by atoms with Crippen LogP contribution in [0, 0.1) is 10.1 Å². The molecule has 0 spiro atoms. The second-order valence-electron chi connectivity index (χ2n) is 3.20. The van der Waals surface area contributed by atoms with E-state index >= 15 is 0 Å². The van der Waals surface area contributed by atoms with Crippen molar-refractivity contribution in [2.75, 3.05) is 7.11 Å². The first kappa shape index (κ1) is 10.2. The van der Waals surface area contributed by atoms with Gasteiger partial charge in [-0.3, -0.25) is 10.1 Å². The van der Waals surface area contributed by atoms with Crippen molar-refractivity contribution < 1.29 is 9.66 Å². The number of rotatable bonds is 3. The molecule has 0 saturated carbocycles. The summed E-state index contributed by atoms with van der Waals surface area (Å²) in [4.78, 5) is 10.4. The highest BCUT2D eigenvalue weighted by atomic mass is 16.6. The van der Waals surface area contributed by atoms with Gasteiger partial charge >= 0.3 is 5.69 Å². The number of ether oxygens (including phenoxy) is 1. The SMILES string of the molecule is COc1ccc(-n2cccc2)cc1[N+](=O)[O-]. The minimum atomic E-state index is -0.453. The van der Waals surface area contributed by atoms with E-state index in [2.05, 4.69) is 0 Å². The molecule has 1 heterocycles. The van der Waals surface area contributed by atoms with Crippen molar-refractivity contribution in [2.24, 2.45) is 0 Å². The van der Waals surface area contributed by atoms with Crippen molar-refractivity contribution in [2.45, 2.75) is 0 Å². The van der Waals surface area contributed by atoms with E-state index in [1.807, 2.05) is 24.5 Å². The molecule has 82 valence electrons. The van der Waals surface area contributed by atoms with Crippen molar-refractivity contribution in [1.29, 1.82) is 0 Å². The predicted molar refractivity (Wildman–Crippen MR) is 59.0 cm³/mol. The Bertz CT molecular complexity index is 506. The van der Waals surface area contributed by atoms with Crippen LogP contribution < -0.4 is 4.74 Å². The van der Waals surface area contributed by atoms with Crippen LogP contribution in [-0.4, -0.2) is 16.6 Å². The monoisotopic (exact) mass is 218 g/mol. The maximum atomic E-state index is 10.8. The maximum Gasteiger partial charge on any atom is 0.312 e. The summed E-state index contributed by atoms with van der Waals surface area (Å²) in [6.07, 6.45) is 3.65. The molecule has 0 saturated heterocycles. The summed E-state index contributed by atoms with van der Waals surface area (Å²) in [7, 11) is 1.41. The van der Waals surface area contributed by atoms with Crippen molar-refractivity contribution in [3.8, 4) is 11.4 Å². The number of methoxy groups -OCH3 is 1. The van der Waals surface area contributed by atoms with Crippen LogP contribution >= 0.6 is 0 Å². The summed E-state index contributed by atoms with van der Waals surface area (Å²) in [5.74, 6) is 0.265. The molecule has 16 heavy (non-hydrogen) atoms. The third-order valence-electron chi connectivity index (χ3n) is 2.26. The zero-order chi connectivity index (χ0) is 11.5. The highest BCUT2D eigenvalue weighted by molar-refractivity contribution is 5.53. The van der Waals surface area contributed by atoms with E-state index in [4.69, 9.17) is 4.74 Å². The van der Waals surface area contributed by atoms with Gasteiger partial charge in [-0.25, -0.2) is 0 Å². The summed E-state index contributed by atoms with van der Waals surface area (Å²) in [6, 6.07) is 8.56. The first-order chi connectivity index (χ1) is 7.72. The smallest absolute Gasteiger partial charge is 0.312 e. The molecule has 1 aromatic heterocycles. The van der Waals surface area contributed by atoms with Crippen LogP contribution in [0.1, 0.15) is 0 Å². The fourth-order valence-corrected chi connectivity index (χ4v) is 1.49. The Morgan fingerprint density at radius 2 is 2.00 bits per heavy atom. The summed E-state index contributed by atoms with van der Waals surface area (Å²) >= 11 is 0. The van der Waals surface area contributed by atoms with Crippen LogP contribution in [0.3, 0.4) is 0 Å². The second-order valence-corrected chi connectivity index (χ2v) is 3.20. The van der Waals surface area contributed by atoms with Gasteiger partial charge in [0.1, 0.15) is 0 Å². The molecule has 2 aromatic rings. The van der Waals surface area contributed by atoms with Gasteiger partial charge in [-0.15, -0.1) is 0 Å². The Labute approximate surface area is 92.0 Å². The molecule has 0 bridgehead atoms. The minimum Gasteiger partial charge on any atom is -0.490 e. The second kappa shape index (κ2) is 4.06. The molecule has 5 heteroatoms. The number of hydrogen-bond acceptors (Lipinski definition) is 3. The Morgan fingerprint density at radius 3 is 2.56 bits per heavy atom. The lowest BCUT2D eigenvalue weighted by molar-refractivity contribution is -0.385. The zero-order valence-corrected chi connectivity index (χ0v) is 8.66. The van der Waals surface area contributed by atoms with Gasteiger partial charge in [0.05, 0.1) is 17.7 Å². The normalized spacial score (nSPS) is 10.1. The Hall–Kier alpha value is -2.30. The topological polar surface area (TPSA) is 57.3 Å². The Morgan fingerprint density at radius 1 is 1.31 bits per heavy atom. The Balaban J connectivity index is 2.51. The molecule has 0 unspecified atom stereocenters. The van der Waals surface area contributed by atoms with Gasteiger partial charge in [0, 0.05) is 18.5 Å². The summed E-state index contributed by atoms with van der Waals surface area (Å²) in [6.45, 7) is 0. The van der Waals surface area contributed by atoms with E-state index in [0.717, 1.165) is 5.69 Å². The molecule has 0 fully saturated rings. The van der Waals surface area contributed by atoms with Crippen LogP contribution in [0.15, 0.2) is 42.7 Å². The lowest BCUT2D eigenvalue weighted by Gasteiger charge is -2.05. The molecule has 0 radical (unpaired) electrons. The Kier molecular flexibility index (Phi) is 2.59. The number of nitro benzene ring substituents is 1. The molecular weight excluding hydrogens is 208 g/mol. The number of benzene rings is 1. The van der Waals surface area contributed by atoms with Gasteiger partial charge in [-0.05, 0) is 24.3 Å². The third kappa shape index (κ3) is 1.75. The quantitative estimate of drug-likeness (QED) is 0.587. The van der Waals surface area contributed by atoms with Crippen molar-refractivity contribution in [3.63, 3.8) is 0 Å². The van der Waals surface area contributed by atoms with Crippen LogP contribution in [-0.2, 0) is 0 Å². The largest absolute Gasteiger partial charge is 0.490 e. The van der Waals surface area contributed by atoms with E-state index in [0.29, 0.717) is 0 Å². The average molecular weight is 218 g/mol. The minimum absolute atomic E-state index is 0.0336. The zero-order valence-electron chi connectivity index (χ0n) is 8.66. The molecule has 0 amide bonds. The number of aromatic nitrogens is 1. The average Bonchev–Trinajstić information content (AvgIpc) is 2.81. The fraction of sp³-hybridized carbons (Fsp3) is 0.0909. The maximum absolute atomic E-state index is 10.8. The van der Waals surface area contributed by atoms with Gasteiger partial charge in [-0.2, -0.15) is 0 Å². The molecular formula is C11H10N2O3. The van der Waals surface area contributed by atoms with Crippen molar-refractivity contribution in [3.05, 3.63) is 52.8 Å². The van der Waals surface area contributed by atoms with E-state index in [1.165, 1.54) is 13.2 Å². The number of nitrogens with zero attached hydrogens (tertiary/aromatic N) is 2. The van der Waals surface area contributed by atoms with E-state index in [1.54, 1.807) is 16.7 Å². The summed E-state index contributed by atoms with van der Waals surface area (Å²) in [5.41, 5.74) is 0.700. The van der Waals surface area contributed by atoms with Crippen molar-refractivity contribution in [1.82, 2.24) is 4.57 Å². The number of hydrogen-bond donors (Lipinski definition) is 0. The highest BCUT2D eigenvalue weighted by Crippen LogP contribution is 2.28. The van der Waals surface area contributed by atoms with E-state index in [9.17, 15) is 10.1 Å². The van der Waals surface area contributed by atoms with Gasteiger partial charge in [0.15, 0.2) is 5.75 Å². The fourth-order valence-electron chi connectivity index (χ4n) is 1.49. The number of nitro groups is 1. The highest BCUT2D eigenvalue weighted by Gasteiger charge is 2.15. The molecule has 0 atom stereocenters. The predicted octanol–water partition coefficient (Wildman–Crippen LogP) is 2.39. The molecule has 0 aliphatic heterocycles. The van der Waals surface area contributed by atoms with Gasteiger partial charge < -0.3 is 9.30 Å².